The smallest absolute Gasteiger partial charge is 0.169 e. The zero-order chi connectivity index (χ0) is 7.98. The van der Waals surface area contributed by atoms with E-state index in [1.807, 2.05) is 0 Å². The minimum atomic E-state index is -0.521. The van der Waals surface area contributed by atoms with Crippen molar-refractivity contribution in [1.29, 1.82) is 0 Å². The quantitative estimate of drug-likeness (QED) is 0.519. The second kappa shape index (κ2) is 5.61. The number of ether oxygens (including phenoxy) is 2. The molecule has 0 saturated heterocycles. The Balaban J connectivity index is 3.26. The fraction of sp³-hybridized carbons (Fsp3) is 1.00. The van der Waals surface area contributed by atoms with E-state index in [0.29, 0.717) is 6.54 Å². The summed E-state index contributed by atoms with van der Waals surface area (Å²) in [7, 11) is 3.11. The van der Waals surface area contributed by atoms with Crippen LogP contribution in [0.4, 0.5) is 0 Å². The van der Waals surface area contributed by atoms with E-state index in [2.05, 4.69) is 5.32 Å². The molecule has 62 valence electrons. The highest BCUT2D eigenvalue weighted by atomic mass is 16.7. The molecule has 1 atom stereocenters. The van der Waals surface area contributed by atoms with Crippen molar-refractivity contribution in [3.05, 3.63) is 0 Å². The number of methoxy groups -OCH3 is 2. The van der Waals surface area contributed by atoms with Crippen LogP contribution in [0.25, 0.3) is 0 Å². The number of aliphatic hydroxyl groups is 1. The minimum absolute atomic E-state index is 0.283. The van der Waals surface area contributed by atoms with Crippen molar-refractivity contribution in [1.82, 2.24) is 5.32 Å². The monoisotopic (exact) mass is 149 g/mol. The van der Waals surface area contributed by atoms with Gasteiger partial charge < -0.3 is 14.6 Å². The van der Waals surface area contributed by atoms with E-state index in [1.54, 1.807) is 21.1 Å². The molecule has 0 bridgehead atoms. The van der Waals surface area contributed by atoms with Gasteiger partial charge in [-0.05, 0) is 6.92 Å². The van der Waals surface area contributed by atoms with Gasteiger partial charge in [-0.15, -0.1) is 0 Å². The lowest BCUT2D eigenvalue weighted by Crippen LogP contribution is -2.35. The van der Waals surface area contributed by atoms with Crippen LogP contribution in [0.15, 0.2) is 0 Å². The summed E-state index contributed by atoms with van der Waals surface area (Å²) in [5.74, 6) is 0. The maximum Gasteiger partial charge on any atom is 0.169 e. The molecule has 0 aliphatic carbocycles. The molecule has 0 aliphatic heterocycles. The van der Waals surface area contributed by atoms with Gasteiger partial charge >= 0.3 is 0 Å². The van der Waals surface area contributed by atoms with Crippen molar-refractivity contribution in [2.45, 2.75) is 19.4 Å². The van der Waals surface area contributed by atoms with E-state index in [-0.39, 0.29) is 6.29 Å². The van der Waals surface area contributed by atoms with Crippen LogP contribution in [-0.4, -0.2) is 38.4 Å². The summed E-state index contributed by atoms with van der Waals surface area (Å²) < 4.78 is 9.71. The van der Waals surface area contributed by atoms with Gasteiger partial charge in [-0.3, -0.25) is 5.32 Å². The highest BCUT2D eigenvalue weighted by Crippen LogP contribution is 1.87. The maximum atomic E-state index is 8.77. The molecule has 0 spiro atoms. The van der Waals surface area contributed by atoms with Crippen LogP contribution in [0.3, 0.4) is 0 Å². The van der Waals surface area contributed by atoms with Gasteiger partial charge in [0.2, 0.25) is 0 Å². The highest BCUT2D eigenvalue weighted by Gasteiger charge is 2.04. The molecule has 0 rings (SSSR count). The summed E-state index contributed by atoms with van der Waals surface area (Å²) in [5.41, 5.74) is 0. The van der Waals surface area contributed by atoms with Gasteiger partial charge in [0.1, 0.15) is 6.23 Å². The number of aliphatic hydroxyl groups excluding tert-OH is 1. The molecule has 2 N–H and O–H groups in total. The van der Waals surface area contributed by atoms with E-state index in [1.165, 1.54) is 0 Å². The minimum Gasteiger partial charge on any atom is -0.379 e. The third kappa shape index (κ3) is 4.69. The molecule has 0 aromatic rings. The zero-order valence-corrected chi connectivity index (χ0v) is 6.63. The van der Waals surface area contributed by atoms with Gasteiger partial charge in [0.25, 0.3) is 0 Å². The van der Waals surface area contributed by atoms with Crippen LogP contribution < -0.4 is 5.32 Å². The Bertz CT molecular complexity index is 73.4. The third-order valence-corrected chi connectivity index (χ3v) is 1.11. The molecule has 0 amide bonds. The van der Waals surface area contributed by atoms with Gasteiger partial charge in [0.05, 0.1) is 0 Å². The van der Waals surface area contributed by atoms with Crippen molar-refractivity contribution in [2.24, 2.45) is 0 Å². The lowest BCUT2D eigenvalue weighted by Gasteiger charge is -2.15. The van der Waals surface area contributed by atoms with Crippen LogP contribution in [0, 0.1) is 0 Å². The summed E-state index contributed by atoms with van der Waals surface area (Å²) >= 11 is 0. The highest BCUT2D eigenvalue weighted by molar-refractivity contribution is 4.49. The van der Waals surface area contributed by atoms with E-state index in [9.17, 15) is 0 Å². The second-order valence-electron chi connectivity index (χ2n) is 1.99. The molecule has 4 nitrogen and oxygen atoms in total. The maximum absolute atomic E-state index is 8.77. The first-order valence-electron chi connectivity index (χ1n) is 3.17. The largest absolute Gasteiger partial charge is 0.379 e. The molecule has 0 aliphatic rings. The first-order chi connectivity index (χ1) is 4.70. The van der Waals surface area contributed by atoms with E-state index in [4.69, 9.17) is 14.6 Å². The average molecular weight is 149 g/mol. The van der Waals surface area contributed by atoms with Gasteiger partial charge in [-0.25, -0.2) is 0 Å². The van der Waals surface area contributed by atoms with Crippen molar-refractivity contribution < 1.29 is 14.6 Å². The second-order valence-corrected chi connectivity index (χ2v) is 1.99. The Hall–Kier alpha value is -0.160. The number of hydrogen-bond donors (Lipinski definition) is 2. The van der Waals surface area contributed by atoms with Crippen molar-refractivity contribution in [3.63, 3.8) is 0 Å². The molecule has 0 fully saturated rings. The molecule has 10 heavy (non-hydrogen) atoms. The number of rotatable bonds is 5. The number of hydrogen-bond acceptors (Lipinski definition) is 4. The first kappa shape index (κ1) is 9.84. The van der Waals surface area contributed by atoms with E-state index in [0.717, 1.165) is 0 Å². The van der Waals surface area contributed by atoms with Crippen molar-refractivity contribution >= 4 is 0 Å². The lowest BCUT2D eigenvalue weighted by atomic mass is 10.5. The zero-order valence-electron chi connectivity index (χ0n) is 6.63. The molecule has 1 unspecified atom stereocenters. The van der Waals surface area contributed by atoms with Gasteiger partial charge in [-0.1, -0.05) is 0 Å². The summed E-state index contributed by atoms with van der Waals surface area (Å²) in [4.78, 5) is 0. The Labute approximate surface area is 61.1 Å². The Morgan fingerprint density at radius 1 is 1.40 bits per heavy atom. The summed E-state index contributed by atoms with van der Waals surface area (Å²) in [6.07, 6.45) is -0.803. The SMILES string of the molecule is COC(CNC(C)O)OC. The van der Waals surface area contributed by atoms with Crippen LogP contribution >= 0.6 is 0 Å². The predicted molar refractivity (Wildman–Crippen MR) is 37.5 cm³/mol. The fourth-order valence-corrected chi connectivity index (χ4v) is 0.530. The molecule has 4 heteroatoms. The fourth-order valence-electron chi connectivity index (χ4n) is 0.530. The molecular formula is C6H15NO3. The first-order valence-corrected chi connectivity index (χ1v) is 3.17. The summed E-state index contributed by atoms with van der Waals surface area (Å²) in [6.45, 7) is 2.13. The summed E-state index contributed by atoms with van der Waals surface area (Å²) in [5, 5.41) is 11.5. The van der Waals surface area contributed by atoms with Gasteiger partial charge in [-0.2, -0.15) is 0 Å². The van der Waals surface area contributed by atoms with Gasteiger partial charge in [0, 0.05) is 20.8 Å². The Morgan fingerprint density at radius 2 is 1.90 bits per heavy atom. The Kier molecular flexibility index (Phi) is 5.52. The molecule has 0 radical (unpaired) electrons. The van der Waals surface area contributed by atoms with Gasteiger partial charge in [0.15, 0.2) is 6.29 Å². The van der Waals surface area contributed by atoms with Crippen molar-refractivity contribution in [3.8, 4) is 0 Å². The predicted octanol–water partition coefficient (Wildman–Crippen LogP) is -0.467. The molecule has 0 saturated carbocycles. The van der Waals surface area contributed by atoms with Crippen LogP contribution in [-0.2, 0) is 9.47 Å². The number of nitrogens with one attached hydrogen (secondary N) is 1. The Morgan fingerprint density at radius 3 is 2.20 bits per heavy atom. The molecule has 0 aromatic carbocycles. The molecule has 0 heterocycles. The standard InChI is InChI=1S/C6H15NO3/c1-5(8)7-4-6(9-2)10-3/h5-8H,4H2,1-3H3. The molecular weight excluding hydrogens is 134 g/mol. The third-order valence-electron chi connectivity index (χ3n) is 1.11. The van der Waals surface area contributed by atoms with E-state index >= 15 is 0 Å². The normalized spacial score (nSPS) is 14.1. The molecule has 0 aromatic heterocycles. The van der Waals surface area contributed by atoms with Crippen molar-refractivity contribution in [2.75, 3.05) is 20.8 Å². The van der Waals surface area contributed by atoms with Crippen LogP contribution in [0.2, 0.25) is 0 Å². The van der Waals surface area contributed by atoms with Crippen LogP contribution in [0.1, 0.15) is 6.92 Å². The van der Waals surface area contributed by atoms with Crippen LogP contribution in [0.5, 0.6) is 0 Å². The average Bonchev–Trinajstić information content (AvgIpc) is 1.90. The topological polar surface area (TPSA) is 50.7 Å². The van der Waals surface area contributed by atoms with E-state index < -0.39 is 6.23 Å². The summed E-state index contributed by atoms with van der Waals surface area (Å²) in [6, 6.07) is 0. The lowest BCUT2D eigenvalue weighted by molar-refractivity contribution is -0.103.